The summed E-state index contributed by atoms with van der Waals surface area (Å²) in [7, 11) is 1.59. The maximum atomic E-state index is 12.3. The van der Waals surface area contributed by atoms with Gasteiger partial charge in [-0.15, -0.1) is 0 Å². The highest BCUT2D eigenvalue weighted by molar-refractivity contribution is 5.98. The molecule has 2 aromatic rings. The predicted octanol–water partition coefficient (Wildman–Crippen LogP) is 1.56. The van der Waals surface area contributed by atoms with Gasteiger partial charge in [-0.2, -0.15) is 0 Å². The van der Waals surface area contributed by atoms with Gasteiger partial charge in [0.05, 0.1) is 23.2 Å². The van der Waals surface area contributed by atoms with Crippen molar-refractivity contribution in [3.63, 3.8) is 0 Å². The Morgan fingerprint density at radius 1 is 1.45 bits per heavy atom. The average Bonchev–Trinajstić information content (AvgIpc) is 2.75. The fraction of sp³-hybridized carbons (Fsp3) is 0.385. The van der Waals surface area contributed by atoms with Gasteiger partial charge >= 0.3 is 6.09 Å². The van der Waals surface area contributed by atoms with Crippen molar-refractivity contribution < 1.29 is 14.6 Å². The number of pyridine rings is 1. The van der Waals surface area contributed by atoms with Gasteiger partial charge in [0.15, 0.2) is 0 Å². The van der Waals surface area contributed by atoms with E-state index in [2.05, 4.69) is 5.32 Å². The van der Waals surface area contributed by atoms with Gasteiger partial charge in [0.25, 0.3) is 5.56 Å². The summed E-state index contributed by atoms with van der Waals surface area (Å²) in [5.41, 5.74) is 0.793. The minimum absolute atomic E-state index is 0.204. The quantitative estimate of drug-likeness (QED) is 0.869. The molecule has 7 nitrogen and oxygen atoms in total. The first-order valence-electron chi connectivity index (χ1n) is 6.29. The predicted molar refractivity (Wildman–Crippen MR) is 75.4 cm³/mol. The van der Waals surface area contributed by atoms with Crippen molar-refractivity contribution in [1.82, 2.24) is 9.13 Å². The maximum Gasteiger partial charge on any atom is 0.409 e. The van der Waals surface area contributed by atoms with Gasteiger partial charge < -0.3 is 19.0 Å². The first-order valence-corrected chi connectivity index (χ1v) is 6.29. The van der Waals surface area contributed by atoms with E-state index in [4.69, 9.17) is 9.84 Å². The molecule has 0 aliphatic rings. The molecule has 0 aromatic carbocycles. The zero-order chi connectivity index (χ0) is 14.7. The Labute approximate surface area is 115 Å². The fourth-order valence-corrected chi connectivity index (χ4v) is 2.18. The van der Waals surface area contributed by atoms with Gasteiger partial charge in [-0.25, -0.2) is 4.79 Å². The van der Waals surface area contributed by atoms with E-state index in [-0.39, 0.29) is 5.56 Å². The Kier molecular flexibility index (Phi) is 4.09. The molecule has 0 saturated heterocycles. The molecule has 2 rings (SSSR count). The molecule has 20 heavy (non-hydrogen) atoms. The number of nitrogens with zero attached hydrogens (tertiary/aromatic N) is 2. The minimum Gasteiger partial charge on any atom is -0.465 e. The van der Waals surface area contributed by atoms with E-state index in [0.29, 0.717) is 36.3 Å². The van der Waals surface area contributed by atoms with Crippen LogP contribution in [0.3, 0.4) is 0 Å². The average molecular weight is 279 g/mol. The molecule has 7 heteroatoms. The van der Waals surface area contributed by atoms with Crippen LogP contribution in [0.25, 0.3) is 10.9 Å². The molecule has 0 radical (unpaired) electrons. The second kappa shape index (κ2) is 5.79. The second-order valence-corrected chi connectivity index (χ2v) is 4.33. The highest BCUT2D eigenvalue weighted by Crippen LogP contribution is 2.22. The number of aryl methyl sites for hydroxylation is 1. The molecule has 0 spiro atoms. The van der Waals surface area contributed by atoms with Crippen LogP contribution >= 0.6 is 0 Å². The number of methoxy groups -OCH3 is 1. The summed E-state index contributed by atoms with van der Waals surface area (Å²) in [4.78, 5) is 23.2. The number of carbonyl (C=O) groups is 1. The number of hydrogen-bond donors (Lipinski definition) is 2. The normalized spacial score (nSPS) is 10.9. The number of ether oxygens (including phenoxy) is 1. The topological polar surface area (TPSA) is 85.5 Å². The molecule has 0 unspecified atom stereocenters. The molecule has 0 aliphatic heterocycles. The van der Waals surface area contributed by atoms with E-state index < -0.39 is 6.09 Å². The van der Waals surface area contributed by atoms with Crippen molar-refractivity contribution in [3.05, 3.63) is 28.8 Å². The SMILES string of the molecule is CCn1ccc2c(c(NC(=O)O)cn2CCOC)c1=O. The smallest absolute Gasteiger partial charge is 0.409 e. The summed E-state index contributed by atoms with van der Waals surface area (Å²) in [6.45, 7) is 3.42. The first-order chi connectivity index (χ1) is 9.58. The molecule has 0 aliphatic carbocycles. The van der Waals surface area contributed by atoms with Crippen LogP contribution in [0, 0.1) is 0 Å². The van der Waals surface area contributed by atoms with Gasteiger partial charge in [0.2, 0.25) is 0 Å². The third-order valence-electron chi connectivity index (χ3n) is 3.13. The first kappa shape index (κ1) is 14.1. The Hall–Kier alpha value is -2.28. The van der Waals surface area contributed by atoms with E-state index in [0.717, 1.165) is 0 Å². The lowest BCUT2D eigenvalue weighted by Crippen LogP contribution is -2.19. The van der Waals surface area contributed by atoms with Crippen molar-refractivity contribution >= 4 is 22.7 Å². The lowest BCUT2D eigenvalue weighted by atomic mass is 10.3. The van der Waals surface area contributed by atoms with Crippen molar-refractivity contribution in [2.24, 2.45) is 0 Å². The Morgan fingerprint density at radius 2 is 2.20 bits per heavy atom. The molecule has 108 valence electrons. The van der Waals surface area contributed by atoms with Crippen molar-refractivity contribution in [2.45, 2.75) is 20.0 Å². The van der Waals surface area contributed by atoms with Gasteiger partial charge in [-0.05, 0) is 13.0 Å². The van der Waals surface area contributed by atoms with Crippen molar-refractivity contribution in [3.8, 4) is 0 Å². The molecule has 1 amide bonds. The molecule has 0 atom stereocenters. The Bertz CT molecular complexity index is 687. The van der Waals surface area contributed by atoms with Gasteiger partial charge in [0, 0.05) is 32.6 Å². The second-order valence-electron chi connectivity index (χ2n) is 4.33. The van der Waals surface area contributed by atoms with E-state index >= 15 is 0 Å². The van der Waals surface area contributed by atoms with Crippen LogP contribution in [0.15, 0.2) is 23.3 Å². The zero-order valence-electron chi connectivity index (χ0n) is 11.4. The van der Waals surface area contributed by atoms with Gasteiger partial charge in [0.1, 0.15) is 0 Å². The molecule has 2 heterocycles. The van der Waals surface area contributed by atoms with Crippen LogP contribution in [0.1, 0.15) is 6.92 Å². The number of hydrogen-bond acceptors (Lipinski definition) is 3. The molecule has 2 aromatic heterocycles. The molecular weight excluding hydrogens is 262 g/mol. The molecule has 0 bridgehead atoms. The number of rotatable bonds is 5. The summed E-state index contributed by atoms with van der Waals surface area (Å²) in [6.07, 6.45) is 2.14. The summed E-state index contributed by atoms with van der Waals surface area (Å²) in [5, 5.41) is 11.5. The van der Waals surface area contributed by atoms with Crippen LogP contribution in [0.2, 0.25) is 0 Å². The Balaban J connectivity index is 2.63. The molecule has 2 N–H and O–H groups in total. The number of nitrogens with one attached hydrogen (secondary N) is 1. The summed E-state index contributed by atoms with van der Waals surface area (Å²) >= 11 is 0. The van der Waals surface area contributed by atoms with Crippen LogP contribution < -0.4 is 10.9 Å². The monoisotopic (exact) mass is 279 g/mol. The van der Waals surface area contributed by atoms with E-state index in [9.17, 15) is 9.59 Å². The van der Waals surface area contributed by atoms with Crippen LogP contribution in [-0.4, -0.2) is 34.1 Å². The van der Waals surface area contributed by atoms with Gasteiger partial charge in [-0.3, -0.25) is 10.1 Å². The minimum atomic E-state index is -1.19. The number of fused-ring (bicyclic) bond motifs is 1. The van der Waals surface area contributed by atoms with Crippen molar-refractivity contribution in [2.75, 3.05) is 19.0 Å². The number of aromatic nitrogens is 2. The largest absolute Gasteiger partial charge is 0.465 e. The maximum absolute atomic E-state index is 12.3. The molecule has 0 saturated carbocycles. The lowest BCUT2D eigenvalue weighted by molar-refractivity contribution is 0.188. The van der Waals surface area contributed by atoms with Crippen LogP contribution in [-0.2, 0) is 17.8 Å². The van der Waals surface area contributed by atoms with E-state index in [1.165, 1.54) is 4.57 Å². The van der Waals surface area contributed by atoms with Gasteiger partial charge in [-0.1, -0.05) is 0 Å². The lowest BCUT2D eigenvalue weighted by Gasteiger charge is -2.05. The summed E-state index contributed by atoms with van der Waals surface area (Å²) < 4.78 is 8.37. The Morgan fingerprint density at radius 3 is 2.80 bits per heavy atom. The van der Waals surface area contributed by atoms with Crippen molar-refractivity contribution in [1.29, 1.82) is 0 Å². The van der Waals surface area contributed by atoms with Crippen LogP contribution in [0.5, 0.6) is 0 Å². The van der Waals surface area contributed by atoms with E-state index in [1.807, 2.05) is 17.6 Å². The summed E-state index contributed by atoms with van der Waals surface area (Å²) in [6, 6.07) is 1.81. The molecule has 0 fully saturated rings. The number of anilines is 1. The zero-order valence-corrected chi connectivity index (χ0v) is 11.4. The standard InChI is InChI=1S/C13H17N3O4/c1-3-15-5-4-10-11(12(15)17)9(14-13(18)19)8-16(10)6-7-20-2/h4-5,8,14H,3,6-7H2,1-2H3,(H,18,19). The summed E-state index contributed by atoms with van der Waals surface area (Å²) in [5.74, 6) is 0. The fourth-order valence-electron chi connectivity index (χ4n) is 2.18. The third-order valence-corrected chi connectivity index (χ3v) is 3.13. The third kappa shape index (κ3) is 2.53. The van der Waals surface area contributed by atoms with Crippen LogP contribution in [0.4, 0.5) is 10.5 Å². The number of carboxylic acid groups (broad SMARTS) is 1. The number of amides is 1. The van der Waals surface area contributed by atoms with E-state index in [1.54, 1.807) is 19.5 Å². The highest BCUT2D eigenvalue weighted by atomic mass is 16.5. The molecular formula is C13H17N3O4. The highest BCUT2D eigenvalue weighted by Gasteiger charge is 2.14.